The third kappa shape index (κ3) is 3.37. The monoisotopic (exact) mass is 367 g/mol. The molecule has 1 fully saturated rings. The Morgan fingerprint density at radius 1 is 1.30 bits per heavy atom. The van der Waals surface area contributed by atoms with Crippen LogP contribution in [0.5, 0.6) is 0 Å². The van der Waals surface area contributed by atoms with E-state index in [4.69, 9.17) is 0 Å². The Kier molecular flexibility index (Phi) is 4.75. The summed E-state index contributed by atoms with van der Waals surface area (Å²) in [7, 11) is 0. The number of nitrogens with zero attached hydrogens (tertiary/aromatic N) is 3. The average molecular weight is 367 g/mol. The number of hydrogen-bond acceptors (Lipinski definition) is 3. The number of hydrogen-bond donors (Lipinski definition) is 2. The van der Waals surface area contributed by atoms with Gasteiger partial charge in [-0.3, -0.25) is 15.0 Å². The van der Waals surface area contributed by atoms with E-state index in [0.717, 1.165) is 25.0 Å². The molecule has 1 saturated heterocycles. The van der Waals surface area contributed by atoms with E-state index in [1.54, 1.807) is 12.1 Å². The third-order valence-corrected chi connectivity index (χ3v) is 5.23. The van der Waals surface area contributed by atoms with Crippen molar-refractivity contribution in [3.8, 4) is 11.3 Å². The number of piperidine rings is 1. The highest BCUT2D eigenvalue weighted by molar-refractivity contribution is 5.99. The second-order valence-electron chi connectivity index (χ2n) is 6.92. The molecule has 0 bridgehead atoms. The topological polar surface area (TPSA) is 77.7 Å². The lowest BCUT2D eigenvalue weighted by Gasteiger charge is -2.32. The van der Waals surface area contributed by atoms with Gasteiger partial charge in [0.15, 0.2) is 0 Å². The van der Waals surface area contributed by atoms with Gasteiger partial charge in [0.2, 0.25) is 0 Å². The smallest absolute Gasteiger partial charge is 0.257 e. The van der Waals surface area contributed by atoms with E-state index < -0.39 is 0 Å². The van der Waals surface area contributed by atoms with Crippen molar-refractivity contribution in [2.24, 2.45) is 0 Å². The summed E-state index contributed by atoms with van der Waals surface area (Å²) in [5, 5.41) is 14.2. The maximum atomic E-state index is 13.6. The molecule has 0 aliphatic carbocycles. The molecule has 1 aromatic carbocycles. The van der Waals surface area contributed by atoms with Gasteiger partial charge in [-0.25, -0.2) is 4.39 Å². The van der Waals surface area contributed by atoms with E-state index in [0.29, 0.717) is 29.9 Å². The molecule has 2 aromatic heterocycles. The largest absolute Gasteiger partial charge is 0.338 e. The van der Waals surface area contributed by atoms with Gasteiger partial charge in [-0.2, -0.15) is 10.2 Å². The van der Waals surface area contributed by atoms with Gasteiger partial charge in [-0.1, -0.05) is 19.1 Å². The van der Waals surface area contributed by atoms with E-state index in [2.05, 4.69) is 27.3 Å². The molecular formula is C20H22FN5O. The van der Waals surface area contributed by atoms with Crippen LogP contribution in [0.2, 0.25) is 0 Å². The number of H-pyrrole nitrogens is 2. The van der Waals surface area contributed by atoms with Gasteiger partial charge < -0.3 is 4.90 Å². The molecule has 0 unspecified atom stereocenters. The predicted octanol–water partition coefficient (Wildman–Crippen LogP) is 3.52. The highest BCUT2D eigenvalue weighted by atomic mass is 19.1. The molecule has 0 spiro atoms. The third-order valence-electron chi connectivity index (χ3n) is 5.23. The fourth-order valence-electron chi connectivity index (χ4n) is 3.84. The fourth-order valence-corrected chi connectivity index (χ4v) is 3.84. The van der Waals surface area contributed by atoms with Gasteiger partial charge in [0.05, 0.1) is 23.7 Å². The molecule has 140 valence electrons. The van der Waals surface area contributed by atoms with Crippen molar-refractivity contribution in [3.05, 3.63) is 59.3 Å². The number of carbonyl (C=O) groups excluding carboxylic acids is 1. The number of nitrogens with one attached hydrogen (secondary N) is 2. The van der Waals surface area contributed by atoms with Crippen LogP contribution in [-0.4, -0.2) is 44.3 Å². The number of aromatic amines is 2. The molecule has 1 aliphatic heterocycles. The molecule has 1 aliphatic rings. The van der Waals surface area contributed by atoms with E-state index in [1.807, 2.05) is 11.1 Å². The van der Waals surface area contributed by atoms with E-state index in [-0.39, 0.29) is 17.6 Å². The molecule has 1 amide bonds. The van der Waals surface area contributed by atoms with Crippen molar-refractivity contribution in [1.29, 1.82) is 0 Å². The van der Waals surface area contributed by atoms with E-state index in [9.17, 15) is 9.18 Å². The molecule has 3 aromatic rings. The first-order valence-corrected chi connectivity index (χ1v) is 9.28. The zero-order valence-corrected chi connectivity index (χ0v) is 15.2. The summed E-state index contributed by atoms with van der Waals surface area (Å²) < 4.78 is 13.6. The molecule has 4 rings (SSSR count). The quantitative estimate of drug-likeness (QED) is 0.741. The summed E-state index contributed by atoms with van der Waals surface area (Å²) in [4.78, 5) is 15.0. The summed E-state index contributed by atoms with van der Waals surface area (Å²) in [6.45, 7) is 3.46. The van der Waals surface area contributed by atoms with Crippen molar-refractivity contribution in [1.82, 2.24) is 25.3 Å². The van der Waals surface area contributed by atoms with Gasteiger partial charge in [0.25, 0.3) is 5.91 Å². The molecular weight excluding hydrogens is 345 g/mol. The highest BCUT2D eigenvalue weighted by Gasteiger charge is 2.29. The fraction of sp³-hybridized carbons (Fsp3) is 0.350. The zero-order chi connectivity index (χ0) is 18.8. The number of halogens is 1. The van der Waals surface area contributed by atoms with E-state index >= 15 is 0 Å². The summed E-state index contributed by atoms with van der Waals surface area (Å²) in [5.41, 5.74) is 3.98. The Bertz CT molecular complexity index is 947. The van der Waals surface area contributed by atoms with Crippen LogP contribution in [0.1, 0.15) is 47.3 Å². The van der Waals surface area contributed by atoms with Crippen LogP contribution in [0.15, 0.2) is 36.7 Å². The van der Waals surface area contributed by atoms with Crippen LogP contribution in [0.25, 0.3) is 11.3 Å². The van der Waals surface area contributed by atoms with E-state index in [1.165, 1.54) is 23.9 Å². The zero-order valence-electron chi connectivity index (χ0n) is 15.2. The maximum Gasteiger partial charge on any atom is 0.257 e. The Balaban J connectivity index is 1.58. The minimum absolute atomic E-state index is 0.0784. The highest BCUT2D eigenvalue weighted by Crippen LogP contribution is 2.30. The summed E-state index contributed by atoms with van der Waals surface area (Å²) in [6.07, 6.45) is 6.28. The summed E-state index contributed by atoms with van der Waals surface area (Å²) >= 11 is 0. The van der Waals surface area contributed by atoms with Gasteiger partial charge in [-0.05, 0) is 37.0 Å². The molecule has 3 heterocycles. The van der Waals surface area contributed by atoms with Crippen molar-refractivity contribution in [2.45, 2.75) is 32.1 Å². The Hall–Kier alpha value is -2.96. The molecule has 6 nitrogen and oxygen atoms in total. The predicted molar refractivity (Wildman–Crippen MR) is 99.8 cm³/mol. The van der Waals surface area contributed by atoms with Gasteiger partial charge in [-0.15, -0.1) is 0 Å². The maximum absolute atomic E-state index is 13.6. The second-order valence-corrected chi connectivity index (χ2v) is 6.92. The number of benzene rings is 1. The van der Waals surface area contributed by atoms with Crippen LogP contribution in [0.3, 0.4) is 0 Å². The molecule has 27 heavy (non-hydrogen) atoms. The van der Waals surface area contributed by atoms with Crippen LogP contribution in [-0.2, 0) is 6.42 Å². The number of aromatic nitrogens is 4. The Morgan fingerprint density at radius 2 is 2.15 bits per heavy atom. The minimum Gasteiger partial charge on any atom is -0.338 e. The van der Waals surface area contributed by atoms with Gasteiger partial charge in [0, 0.05) is 30.3 Å². The SMILES string of the molecule is CCc1cn[nH]c1[C@@H]1CCCN(C(=O)c2cn[nH]c2-c2cccc(F)c2)C1. The Morgan fingerprint density at radius 3 is 2.96 bits per heavy atom. The van der Waals surface area contributed by atoms with Crippen LogP contribution in [0.4, 0.5) is 4.39 Å². The minimum atomic E-state index is -0.343. The van der Waals surface area contributed by atoms with Crippen LogP contribution in [0, 0.1) is 5.82 Å². The average Bonchev–Trinajstić information content (AvgIpc) is 3.36. The normalized spacial score (nSPS) is 17.3. The number of carbonyl (C=O) groups is 1. The van der Waals surface area contributed by atoms with Crippen molar-refractivity contribution in [2.75, 3.05) is 13.1 Å². The number of likely N-dealkylation sites (tertiary alicyclic amines) is 1. The lowest BCUT2D eigenvalue weighted by Crippen LogP contribution is -2.39. The van der Waals surface area contributed by atoms with Gasteiger partial charge in [0.1, 0.15) is 5.82 Å². The first-order valence-electron chi connectivity index (χ1n) is 9.28. The number of amides is 1. The Labute approximate surface area is 156 Å². The summed E-state index contributed by atoms with van der Waals surface area (Å²) in [6, 6.07) is 6.18. The molecule has 1 atom stereocenters. The first-order chi connectivity index (χ1) is 13.2. The van der Waals surface area contributed by atoms with Crippen molar-refractivity contribution < 1.29 is 9.18 Å². The molecule has 0 saturated carbocycles. The molecule has 7 heteroatoms. The van der Waals surface area contributed by atoms with Crippen molar-refractivity contribution in [3.63, 3.8) is 0 Å². The molecule has 0 radical (unpaired) electrons. The second kappa shape index (κ2) is 7.34. The summed E-state index contributed by atoms with van der Waals surface area (Å²) in [5.74, 6) is -0.167. The van der Waals surface area contributed by atoms with Crippen molar-refractivity contribution >= 4 is 5.91 Å². The lowest BCUT2D eigenvalue weighted by molar-refractivity contribution is 0.0706. The number of rotatable bonds is 4. The van der Waals surface area contributed by atoms with Crippen LogP contribution >= 0.6 is 0 Å². The van der Waals surface area contributed by atoms with Gasteiger partial charge >= 0.3 is 0 Å². The lowest BCUT2D eigenvalue weighted by atomic mass is 9.91. The van der Waals surface area contributed by atoms with Crippen LogP contribution < -0.4 is 0 Å². The standard InChI is InChI=1S/C20H22FN5O/c1-2-13-10-22-24-18(13)15-6-4-8-26(12-15)20(27)17-11-23-25-19(17)14-5-3-7-16(21)9-14/h3,5,7,9-11,15H,2,4,6,8,12H2,1H3,(H,22,24)(H,23,25)/t15-/m1/s1. The molecule has 2 N–H and O–H groups in total. The number of aryl methyl sites for hydroxylation is 1. The first kappa shape index (κ1) is 17.5.